The van der Waals surface area contributed by atoms with Crippen LogP contribution in [0.15, 0.2) is 23.4 Å². The van der Waals surface area contributed by atoms with Crippen molar-refractivity contribution in [2.45, 2.75) is 69.6 Å². The number of anilines is 1. The first kappa shape index (κ1) is 26.0. The Kier molecular flexibility index (Phi) is 6.12. The van der Waals surface area contributed by atoms with Gasteiger partial charge in [0.2, 0.25) is 5.92 Å². The third kappa shape index (κ3) is 5.39. The Morgan fingerprint density at radius 3 is 2.32 bits per heavy atom. The van der Waals surface area contributed by atoms with Crippen molar-refractivity contribution in [2.75, 3.05) is 11.6 Å². The average molecular weight is 508 g/mol. The van der Waals surface area contributed by atoms with Crippen LogP contribution in [0.1, 0.15) is 62.3 Å². The number of alkyl halides is 5. The van der Waals surface area contributed by atoms with E-state index in [2.05, 4.69) is 15.4 Å². The van der Waals surface area contributed by atoms with Crippen molar-refractivity contribution in [3.8, 4) is 0 Å². The number of amides is 1. The number of hydrogen-bond donors (Lipinski definition) is 2. The van der Waals surface area contributed by atoms with Gasteiger partial charge in [-0.05, 0) is 17.5 Å². The zero-order valence-corrected chi connectivity index (χ0v) is 20.1. The summed E-state index contributed by atoms with van der Waals surface area (Å²) in [6, 6.07) is 2.42. The molecule has 0 aliphatic heterocycles. The summed E-state index contributed by atoms with van der Waals surface area (Å²) in [6.07, 6.45) is -3.73. The number of hydrogen-bond acceptors (Lipinski definition) is 5. The molecule has 7 nitrogen and oxygen atoms in total. The molecule has 0 saturated heterocycles. The van der Waals surface area contributed by atoms with Crippen molar-refractivity contribution in [1.82, 2.24) is 14.8 Å². The quantitative estimate of drug-likeness (QED) is 0.535. The maximum Gasteiger partial charge on any atom is 0.420 e. The number of rotatable bonds is 5. The van der Waals surface area contributed by atoms with E-state index in [-0.39, 0.29) is 23.0 Å². The SMILES string of the molecule is CC1(Cn2nc(C(C)(C)C)c(C(F)(F)F)c2C(=O)Nc2ccnc(S(C)(=N)=O)c2)CC(F)(F)C1. The minimum atomic E-state index is -4.94. The van der Waals surface area contributed by atoms with E-state index in [1.165, 1.54) is 40.0 Å². The summed E-state index contributed by atoms with van der Waals surface area (Å²) in [6.45, 7) is 5.74. The van der Waals surface area contributed by atoms with Crippen LogP contribution >= 0.6 is 0 Å². The van der Waals surface area contributed by atoms with Gasteiger partial charge in [0.1, 0.15) is 16.3 Å². The maximum absolute atomic E-state index is 14.2. The standard InChI is InChI=1S/C21H26F5N5O2S/c1-18(2,3)16-14(21(24,25)26)15(31(30-16)11-19(4)9-20(22,23)10-19)17(32)29-12-6-7-28-13(8-12)34(5,27)33/h6-8,27H,9-11H2,1-5H3,(H,28,29,32). The number of aromatic nitrogens is 3. The highest BCUT2D eigenvalue weighted by molar-refractivity contribution is 7.91. The molecule has 0 bridgehead atoms. The molecule has 1 aliphatic rings. The van der Waals surface area contributed by atoms with E-state index in [4.69, 9.17) is 4.78 Å². The van der Waals surface area contributed by atoms with E-state index in [0.717, 1.165) is 17.0 Å². The Labute approximate surface area is 194 Å². The van der Waals surface area contributed by atoms with Gasteiger partial charge < -0.3 is 5.32 Å². The van der Waals surface area contributed by atoms with Crippen molar-refractivity contribution in [2.24, 2.45) is 5.41 Å². The van der Waals surface area contributed by atoms with Crippen LogP contribution in [0, 0.1) is 10.2 Å². The average Bonchev–Trinajstić information content (AvgIpc) is 2.99. The van der Waals surface area contributed by atoms with E-state index in [1.54, 1.807) is 0 Å². The van der Waals surface area contributed by atoms with E-state index >= 15 is 0 Å². The van der Waals surface area contributed by atoms with Crippen molar-refractivity contribution < 1.29 is 31.0 Å². The summed E-state index contributed by atoms with van der Waals surface area (Å²) in [5.74, 6) is -4.07. The van der Waals surface area contributed by atoms with E-state index in [0.29, 0.717) is 0 Å². The van der Waals surface area contributed by atoms with Gasteiger partial charge in [-0.15, -0.1) is 0 Å². The first-order valence-electron chi connectivity index (χ1n) is 10.3. The van der Waals surface area contributed by atoms with Crippen molar-refractivity contribution in [3.05, 3.63) is 35.3 Å². The zero-order valence-electron chi connectivity index (χ0n) is 19.3. The van der Waals surface area contributed by atoms with Gasteiger partial charge in [-0.1, -0.05) is 27.7 Å². The van der Waals surface area contributed by atoms with Crippen LogP contribution in [0.25, 0.3) is 0 Å². The lowest BCUT2D eigenvalue weighted by Gasteiger charge is -2.44. The first-order chi connectivity index (χ1) is 15.2. The number of nitrogens with zero attached hydrogens (tertiary/aromatic N) is 3. The molecule has 0 radical (unpaired) electrons. The minimum absolute atomic E-state index is 0.0172. The number of nitrogens with one attached hydrogen (secondary N) is 2. The summed E-state index contributed by atoms with van der Waals surface area (Å²) in [5.41, 5.74) is -4.56. The fourth-order valence-electron chi connectivity index (χ4n) is 4.16. The third-order valence-corrected chi connectivity index (χ3v) is 6.48. The lowest BCUT2D eigenvalue weighted by atomic mass is 9.67. The Morgan fingerprint density at radius 1 is 1.26 bits per heavy atom. The second-order valence-electron chi connectivity index (χ2n) is 10.2. The van der Waals surface area contributed by atoms with Gasteiger partial charge in [-0.25, -0.2) is 22.8 Å². The maximum atomic E-state index is 14.2. The second kappa shape index (κ2) is 7.99. The molecule has 1 amide bonds. The van der Waals surface area contributed by atoms with Gasteiger partial charge in [-0.2, -0.15) is 18.3 Å². The molecule has 1 saturated carbocycles. The van der Waals surface area contributed by atoms with Crippen LogP contribution < -0.4 is 5.32 Å². The second-order valence-corrected chi connectivity index (χ2v) is 12.3. The fourth-order valence-corrected chi connectivity index (χ4v) is 4.78. The molecule has 34 heavy (non-hydrogen) atoms. The van der Waals surface area contributed by atoms with Crippen molar-refractivity contribution in [3.63, 3.8) is 0 Å². The summed E-state index contributed by atoms with van der Waals surface area (Å²) in [4.78, 5) is 17.0. The molecule has 2 aromatic rings. The molecule has 0 spiro atoms. The third-order valence-electron chi connectivity index (χ3n) is 5.46. The van der Waals surface area contributed by atoms with Crippen LogP contribution in [-0.4, -0.2) is 37.1 Å². The monoisotopic (exact) mass is 507 g/mol. The van der Waals surface area contributed by atoms with Crippen molar-refractivity contribution >= 4 is 21.3 Å². The van der Waals surface area contributed by atoms with Crippen LogP contribution in [0.4, 0.5) is 27.6 Å². The van der Waals surface area contributed by atoms with E-state index < -0.39 is 62.7 Å². The van der Waals surface area contributed by atoms with Crippen LogP contribution in [0.2, 0.25) is 0 Å². The molecule has 13 heteroatoms. The largest absolute Gasteiger partial charge is 0.420 e. The van der Waals surface area contributed by atoms with Crippen LogP contribution in [0.3, 0.4) is 0 Å². The van der Waals surface area contributed by atoms with Gasteiger partial charge in [0.05, 0.1) is 15.4 Å². The predicted molar refractivity (Wildman–Crippen MR) is 115 cm³/mol. The normalized spacial score (nSPS) is 19.2. The molecule has 2 N–H and O–H groups in total. The number of carbonyl (C=O) groups excluding carboxylic acids is 1. The Hall–Kier alpha value is -2.57. The Bertz CT molecular complexity index is 1220. The van der Waals surface area contributed by atoms with Gasteiger partial charge in [-0.3, -0.25) is 9.48 Å². The molecular formula is C21H26F5N5O2S. The topological polar surface area (TPSA) is 101 Å². The van der Waals surface area contributed by atoms with Gasteiger partial charge >= 0.3 is 6.18 Å². The number of halogens is 5. The van der Waals surface area contributed by atoms with Crippen LogP contribution in [0.5, 0.6) is 0 Å². The fraction of sp³-hybridized carbons (Fsp3) is 0.571. The molecule has 0 aromatic carbocycles. The molecule has 1 atom stereocenters. The summed E-state index contributed by atoms with van der Waals surface area (Å²) in [5, 5.41) is 6.26. The van der Waals surface area contributed by atoms with Gasteiger partial charge in [0.15, 0.2) is 0 Å². The minimum Gasteiger partial charge on any atom is -0.320 e. The van der Waals surface area contributed by atoms with Crippen LogP contribution in [-0.2, 0) is 27.9 Å². The van der Waals surface area contributed by atoms with E-state index in [9.17, 15) is 31.0 Å². The van der Waals surface area contributed by atoms with Crippen molar-refractivity contribution in [1.29, 1.82) is 4.78 Å². The number of carbonyl (C=O) groups is 1. The highest BCUT2D eigenvalue weighted by Crippen LogP contribution is 2.53. The molecule has 188 valence electrons. The van der Waals surface area contributed by atoms with E-state index in [1.807, 2.05) is 0 Å². The zero-order chi connectivity index (χ0) is 25.9. The molecule has 3 rings (SSSR count). The van der Waals surface area contributed by atoms with Gasteiger partial charge in [0.25, 0.3) is 5.91 Å². The molecule has 2 heterocycles. The smallest absolute Gasteiger partial charge is 0.320 e. The molecular weight excluding hydrogens is 481 g/mol. The summed E-state index contributed by atoms with van der Waals surface area (Å²) in [7, 11) is -3.24. The Morgan fingerprint density at radius 2 is 1.85 bits per heavy atom. The first-order valence-corrected chi connectivity index (χ1v) is 12.3. The lowest BCUT2D eigenvalue weighted by Crippen LogP contribution is -2.47. The molecule has 1 aliphatic carbocycles. The molecule has 2 aromatic heterocycles. The lowest BCUT2D eigenvalue weighted by molar-refractivity contribution is -0.160. The summed E-state index contributed by atoms with van der Waals surface area (Å²) >= 11 is 0. The highest BCUT2D eigenvalue weighted by atomic mass is 32.2. The molecule has 1 unspecified atom stereocenters. The predicted octanol–water partition coefficient (Wildman–Crippen LogP) is 5.32. The van der Waals surface area contributed by atoms with Gasteiger partial charge in [0, 0.05) is 42.9 Å². The molecule has 1 fully saturated rings. The number of pyridine rings is 1. The summed E-state index contributed by atoms with van der Waals surface area (Å²) < 4.78 is 90.1. The Balaban J connectivity index is 2.12. The highest BCUT2D eigenvalue weighted by Gasteiger charge is 2.55.